The van der Waals surface area contributed by atoms with Crippen molar-refractivity contribution in [2.24, 2.45) is 0 Å². The number of benzene rings is 2. The summed E-state index contributed by atoms with van der Waals surface area (Å²) in [4.78, 5) is 15.2. The number of H-pyrrole nitrogens is 1. The van der Waals surface area contributed by atoms with Crippen molar-refractivity contribution in [2.75, 3.05) is 19.7 Å². The molecule has 138 valence electrons. The van der Waals surface area contributed by atoms with Crippen LogP contribution in [0.25, 0.3) is 32.1 Å². The third-order valence-corrected chi connectivity index (χ3v) is 5.43. The molecule has 6 heteroatoms. The van der Waals surface area contributed by atoms with Crippen LogP contribution in [-0.4, -0.2) is 29.8 Å². The summed E-state index contributed by atoms with van der Waals surface area (Å²) in [6, 6.07) is 12.9. The zero-order chi connectivity index (χ0) is 18.8. The van der Waals surface area contributed by atoms with E-state index < -0.39 is 0 Å². The molecule has 0 bridgehead atoms. The maximum Gasteiger partial charge on any atom is 0.266 e. The molecule has 0 aliphatic rings. The quantitative estimate of drug-likeness (QED) is 0.440. The summed E-state index contributed by atoms with van der Waals surface area (Å²) in [5.74, 6) is 0.966. The Hall–Kier alpha value is -2.83. The first kappa shape index (κ1) is 17.6. The number of aromatic nitrogens is 1. The predicted octanol–water partition coefficient (Wildman–Crippen LogP) is 4.10. The molecular weight excluding hydrogens is 360 g/mol. The zero-order valence-corrected chi connectivity index (χ0v) is 15.7. The third-order valence-electron chi connectivity index (χ3n) is 4.51. The van der Waals surface area contributed by atoms with Crippen LogP contribution in [0.1, 0.15) is 6.92 Å². The van der Waals surface area contributed by atoms with E-state index in [-0.39, 0.29) is 11.3 Å². The Morgan fingerprint density at radius 2 is 1.96 bits per heavy atom. The van der Waals surface area contributed by atoms with Crippen LogP contribution >= 0.6 is 11.3 Å². The maximum atomic E-state index is 12.2. The second-order valence-electron chi connectivity index (χ2n) is 6.23. The average Bonchev–Trinajstić information content (AvgIpc) is 3.17. The number of hydrogen-bond acceptors (Lipinski definition) is 5. The highest BCUT2D eigenvalue weighted by molar-refractivity contribution is 7.17. The van der Waals surface area contributed by atoms with E-state index in [1.807, 2.05) is 35.7 Å². The lowest BCUT2D eigenvalue weighted by atomic mass is 9.97. The molecule has 0 radical (unpaired) electrons. The van der Waals surface area contributed by atoms with Crippen LogP contribution in [0.15, 0.2) is 52.6 Å². The average molecular weight is 380 g/mol. The molecule has 0 aliphatic carbocycles. The van der Waals surface area contributed by atoms with Crippen molar-refractivity contribution in [3.63, 3.8) is 0 Å². The van der Waals surface area contributed by atoms with Gasteiger partial charge in [0.05, 0.1) is 0 Å². The van der Waals surface area contributed by atoms with Gasteiger partial charge < -0.3 is 20.1 Å². The number of aromatic amines is 1. The van der Waals surface area contributed by atoms with Crippen molar-refractivity contribution in [2.45, 2.75) is 6.92 Å². The molecule has 0 amide bonds. The van der Waals surface area contributed by atoms with Crippen molar-refractivity contribution in [3.05, 3.63) is 58.2 Å². The number of hydrogen-bond donors (Lipinski definition) is 3. The number of ether oxygens (including phenoxy) is 1. The van der Waals surface area contributed by atoms with Gasteiger partial charge >= 0.3 is 0 Å². The smallest absolute Gasteiger partial charge is 0.266 e. The van der Waals surface area contributed by atoms with Crippen LogP contribution in [-0.2, 0) is 0 Å². The number of aromatic hydroxyl groups is 1. The summed E-state index contributed by atoms with van der Waals surface area (Å²) >= 11 is 1.40. The first-order chi connectivity index (χ1) is 13.2. The summed E-state index contributed by atoms with van der Waals surface area (Å²) in [5, 5.41) is 17.4. The Bertz CT molecular complexity index is 1150. The van der Waals surface area contributed by atoms with E-state index in [9.17, 15) is 9.90 Å². The van der Waals surface area contributed by atoms with Gasteiger partial charge in [0.25, 0.3) is 5.56 Å². The molecule has 5 nitrogen and oxygen atoms in total. The van der Waals surface area contributed by atoms with Gasteiger partial charge in [0.2, 0.25) is 0 Å². The second kappa shape index (κ2) is 7.42. The molecule has 2 aromatic carbocycles. The Morgan fingerprint density at radius 1 is 1.15 bits per heavy atom. The molecule has 0 atom stereocenters. The predicted molar refractivity (Wildman–Crippen MR) is 111 cm³/mol. The molecule has 0 aliphatic heterocycles. The van der Waals surface area contributed by atoms with Gasteiger partial charge in [0, 0.05) is 28.4 Å². The molecule has 0 spiro atoms. The highest BCUT2D eigenvalue weighted by atomic mass is 32.1. The van der Waals surface area contributed by atoms with E-state index in [0.29, 0.717) is 22.4 Å². The van der Waals surface area contributed by atoms with Crippen LogP contribution in [0.4, 0.5) is 0 Å². The second-order valence-corrected chi connectivity index (χ2v) is 7.14. The fraction of sp³-hybridized carbons (Fsp3) is 0.190. The normalized spacial score (nSPS) is 11.3. The molecule has 2 heterocycles. The minimum Gasteiger partial charge on any atom is -0.507 e. The van der Waals surface area contributed by atoms with E-state index in [2.05, 4.69) is 17.2 Å². The molecule has 27 heavy (non-hydrogen) atoms. The van der Waals surface area contributed by atoms with Crippen molar-refractivity contribution < 1.29 is 9.84 Å². The number of nitrogens with one attached hydrogen (secondary N) is 2. The number of phenols is 1. The van der Waals surface area contributed by atoms with Gasteiger partial charge in [-0.1, -0.05) is 19.1 Å². The SMILES string of the molecule is CCNCCOc1ccc(-c2c(O)ccc3[nH]c(=O)c4sccc4c23)cc1. The fourth-order valence-electron chi connectivity index (χ4n) is 3.26. The van der Waals surface area contributed by atoms with Crippen molar-refractivity contribution >= 4 is 32.3 Å². The van der Waals surface area contributed by atoms with Gasteiger partial charge in [-0.15, -0.1) is 11.3 Å². The molecule has 0 fully saturated rings. The number of fused-ring (bicyclic) bond motifs is 3. The summed E-state index contributed by atoms with van der Waals surface area (Å²) in [7, 11) is 0. The van der Waals surface area contributed by atoms with Gasteiger partial charge in [-0.3, -0.25) is 4.79 Å². The molecule has 0 saturated carbocycles. The number of phenolic OH excluding ortho intramolecular Hbond substituents is 1. The molecule has 2 aromatic heterocycles. The van der Waals surface area contributed by atoms with Gasteiger partial charge in [-0.25, -0.2) is 0 Å². The summed E-state index contributed by atoms with van der Waals surface area (Å²) < 4.78 is 6.38. The van der Waals surface area contributed by atoms with Gasteiger partial charge in [-0.2, -0.15) is 0 Å². The maximum absolute atomic E-state index is 12.2. The Kier molecular flexibility index (Phi) is 4.83. The number of pyridine rings is 1. The summed E-state index contributed by atoms with van der Waals surface area (Å²) in [5.41, 5.74) is 2.20. The van der Waals surface area contributed by atoms with Crippen LogP contribution in [0.3, 0.4) is 0 Å². The van der Waals surface area contributed by atoms with E-state index in [1.54, 1.807) is 12.1 Å². The lowest BCUT2D eigenvalue weighted by Gasteiger charge is -2.12. The largest absolute Gasteiger partial charge is 0.507 e. The molecule has 0 unspecified atom stereocenters. The minimum absolute atomic E-state index is 0.103. The van der Waals surface area contributed by atoms with Gasteiger partial charge in [-0.05, 0) is 47.8 Å². The van der Waals surface area contributed by atoms with Crippen LogP contribution in [0, 0.1) is 0 Å². The Balaban J connectivity index is 1.78. The Morgan fingerprint density at radius 3 is 2.74 bits per heavy atom. The summed E-state index contributed by atoms with van der Waals surface area (Å²) in [6.45, 7) is 4.38. The number of likely N-dealkylation sites (N-methyl/N-ethyl adjacent to an activating group) is 1. The molecule has 0 saturated heterocycles. The van der Waals surface area contributed by atoms with Crippen LogP contribution < -0.4 is 15.6 Å². The molecule has 3 N–H and O–H groups in total. The topological polar surface area (TPSA) is 74.3 Å². The van der Waals surface area contributed by atoms with E-state index in [4.69, 9.17) is 4.74 Å². The fourth-order valence-corrected chi connectivity index (χ4v) is 4.06. The first-order valence-electron chi connectivity index (χ1n) is 8.88. The van der Waals surface area contributed by atoms with E-state index in [0.717, 1.165) is 35.2 Å². The third kappa shape index (κ3) is 3.29. The van der Waals surface area contributed by atoms with E-state index >= 15 is 0 Å². The molecular formula is C21H20N2O3S. The van der Waals surface area contributed by atoms with Crippen LogP contribution in [0.2, 0.25) is 0 Å². The lowest BCUT2D eigenvalue weighted by Crippen LogP contribution is -2.20. The van der Waals surface area contributed by atoms with Crippen molar-refractivity contribution in [1.82, 2.24) is 10.3 Å². The monoisotopic (exact) mass is 380 g/mol. The highest BCUT2D eigenvalue weighted by Gasteiger charge is 2.15. The van der Waals surface area contributed by atoms with Gasteiger partial charge in [0.15, 0.2) is 0 Å². The lowest BCUT2D eigenvalue weighted by molar-refractivity contribution is 0.315. The Labute approximate surface area is 160 Å². The molecule has 4 aromatic rings. The van der Waals surface area contributed by atoms with Crippen molar-refractivity contribution in [1.29, 1.82) is 0 Å². The number of rotatable bonds is 6. The number of thiophene rings is 1. The molecule has 4 rings (SSSR count). The van der Waals surface area contributed by atoms with Crippen LogP contribution in [0.5, 0.6) is 11.5 Å². The highest BCUT2D eigenvalue weighted by Crippen LogP contribution is 2.39. The summed E-state index contributed by atoms with van der Waals surface area (Å²) in [6.07, 6.45) is 0. The van der Waals surface area contributed by atoms with Crippen molar-refractivity contribution in [3.8, 4) is 22.6 Å². The minimum atomic E-state index is -0.103. The first-order valence-corrected chi connectivity index (χ1v) is 9.76. The van der Waals surface area contributed by atoms with Gasteiger partial charge in [0.1, 0.15) is 22.8 Å². The zero-order valence-electron chi connectivity index (χ0n) is 14.9. The van der Waals surface area contributed by atoms with E-state index in [1.165, 1.54) is 11.3 Å². The standard InChI is InChI=1S/C21H20N2O3S/c1-2-22-10-11-26-14-5-3-13(4-6-14)18-17(24)8-7-16-19(18)15-9-12-27-20(15)21(25)23-16/h3-9,12,22,24H,2,10-11H2,1H3,(H,23,25).